The lowest BCUT2D eigenvalue weighted by atomic mass is 10.1. The number of ketones is 1. The van der Waals surface area contributed by atoms with Gasteiger partial charge in [0, 0.05) is 20.7 Å². The van der Waals surface area contributed by atoms with Crippen LogP contribution >= 0.6 is 46.3 Å². The Morgan fingerprint density at radius 1 is 1.08 bits per heavy atom. The van der Waals surface area contributed by atoms with Gasteiger partial charge in [-0.25, -0.2) is 0 Å². The standard InChI is InChI=1S/C18H10Cl2N2O2S2/c19-11-7-5-10(6-8-11)13(23)9-25-18-22-21-17(24-18)16-15(20)12-3-1-2-4-14(12)26-16/h1-8H,9H2. The molecule has 4 nitrogen and oxygen atoms in total. The number of aromatic nitrogens is 2. The third-order valence-corrected chi connectivity index (χ3v) is 6.36. The fourth-order valence-electron chi connectivity index (χ4n) is 2.36. The third kappa shape index (κ3) is 3.50. The van der Waals surface area contributed by atoms with E-state index in [0.717, 1.165) is 15.0 Å². The van der Waals surface area contributed by atoms with Crippen LogP contribution in [0.25, 0.3) is 20.9 Å². The molecule has 0 bridgehead atoms. The van der Waals surface area contributed by atoms with Gasteiger partial charge in [-0.15, -0.1) is 21.5 Å². The van der Waals surface area contributed by atoms with E-state index in [0.29, 0.717) is 26.7 Å². The van der Waals surface area contributed by atoms with E-state index < -0.39 is 0 Å². The van der Waals surface area contributed by atoms with E-state index in [4.69, 9.17) is 27.6 Å². The molecule has 0 atom stereocenters. The molecule has 0 aliphatic heterocycles. The Balaban J connectivity index is 1.50. The molecular formula is C18H10Cl2N2O2S2. The lowest BCUT2D eigenvalue weighted by molar-refractivity contribution is 0.102. The summed E-state index contributed by atoms with van der Waals surface area (Å²) in [6.07, 6.45) is 0. The fraction of sp³-hybridized carbons (Fsp3) is 0.0556. The van der Waals surface area contributed by atoms with Gasteiger partial charge in [-0.2, -0.15) is 0 Å². The van der Waals surface area contributed by atoms with Crippen molar-refractivity contribution in [1.82, 2.24) is 10.2 Å². The van der Waals surface area contributed by atoms with Crippen molar-refractivity contribution in [3.63, 3.8) is 0 Å². The minimum atomic E-state index is -0.0358. The first-order chi connectivity index (χ1) is 12.6. The van der Waals surface area contributed by atoms with Crippen LogP contribution in [0.3, 0.4) is 0 Å². The van der Waals surface area contributed by atoms with Gasteiger partial charge in [-0.3, -0.25) is 4.79 Å². The largest absolute Gasteiger partial charge is 0.410 e. The molecule has 4 aromatic rings. The van der Waals surface area contributed by atoms with Gasteiger partial charge < -0.3 is 4.42 Å². The molecule has 0 aliphatic rings. The molecule has 2 aromatic heterocycles. The minimum absolute atomic E-state index is 0.0358. The molecule has 2 heterocycles. The first-order valence-electron chi connectivity index (χ1n) is 7.54. The fourth-order valence-corrected chi connectivity index (χ4v) is 4.57. The molecule has 0 saturated heterocycles. The summed E-state index contributed by atoms with van der Waals surface area (Å²) in [7, 11) is 0. The summed E-state index contributed by atoms with van der Waals surface area (Å²) < 4.78 is 6.73. The lowest BCUT2D eigenvalue weighted by Gasteiger charge is -1.98. The Kier molecular flexibility index (Phi) is 5.00. The van der Waals surface area contributed by atoms with Crippen molar-refractivity contribution in [2.45, 2.75) is 5.22 Å². The number of thiophene rings is 1. The molecule has 0 spiro atoms. The van der Waals surface area contributed by atoms with Crippen LogP contribution in [-0.4, -0.2) is 21.7 Å². The van der Waals surface area contributed by atoms with Crippen LogP contribution in [0.5, 0.6) is 0 Å². The average Bonchev–Trinajstić information content (AvgIpc) is 3.25. The zero-order chi connectivity index (χ0) is 18.1. The van der Waals surface area contributed by atoms with Gasteiger partial charge in [0.2, 0.25) is 0 Å². The Hall–Kier alpha value is -1.86. The Morgan fingerprint density at radius 2 is 1.85 bits per heavy atom. The van der Waals surface area contributed by atoms with Gasteiger partial charge in [-0.05, 0) is 30.3 Å². The number of carbonyl (C=O) groups excluding carboxylic acids is 1. The molecule has 0 saturated carbocycles. The molecule has 0 radical (unpaired) electrons. The SMILES string of the molecule is O=C(CSc1nnc(-c2sc3ccccc3c2Cl)o1)c1ccc(Cl)cc1. The maximum absolute atomic E-state index is 12.2. The third-order valence-electron chi connectivity index (χ3n) is 3.63. The zero-order valence-corrected chi connectivity index (χ0v) is 16.3. The molecule has 26 heavy (non-hydrogen) atoms. The molecule has 130 valence electrons. The number of halogens is 2. The summed E-state index contributed by atoms with van der Waals surface area (Å²) in [5.74, 6) is 0.521. The van der Waals surface area contributed by atoms with Crippen molar-refractivity contribution in [2.24, 2.45) is 0 Å². The van der Waals surface area contributed by atoms with Crippen molar-refractivity contribution < 1.29 is 9.21 Å². The van der Waals surface area contributed by atoms with E-state index in [1.807, 2.05) is 24.3 Å². The summed E-state index contributed by atoms with van der Waals surface area (Å²) in [5, 5.41) is 10.5. The topological polar surface area (TPSA) is 56.0 Å². The number of hydrogen-bond acceptors (Lipinski definition) is 6. The second-order valence-corrected chi connectivity index (χ2v) is 8.13. The molecule has 2 aromatic carbocycles. The van der Waals surface area contributed by atoms with E-state index in [2.05, 4.69) is 10.2 Å². The number of benzene rings is 2. The summed E-state index contributed by atoms with van der Waals surface area (Å²) in [6, 6.07) is 14.6. The highest BCUT2D eigenvalue weighted by Gasteiger charge is 2.18. The van der Waals surface area contributed by atoms with Gasteiger partial charge in [0.15, 0.2) is 5.78 Å². The predicted molar refractivity (Wildman–Crippen MR) is 107 cm³/mol. The van der Waals surface area contributed by atoms with Crippen LogP contribution in [-0.2, 0) is 0 Å². The van der Waals surface area contributed by atoms with Gasteiger partial charge in [0.25, 0.3) is 11.1 Å². The van der Waals surface area contributed by atoms with Crippen LogP contribution in [0.15, 0.2) is 58.2 Å². The number of hydrogen-bond donors (Lipinski definition) is 0. The van der Waals surface area contributed by atoms with Crippen LogP contribution < -0.4 is 0 Å². The van der Waals surface area contributed by atoms with E-state index in [1.165, 1.54) is 23.1 Å². The average molecular weight is 421 g/mol. The lowest BCUT2D eigenvalue weighted by Crippen LogP contribution is -2.01. The first-order valence-corrected chi connectivity index (χ1v) is 10.1. The van der Waals surface area contributed by atoms with E-state index in [-0.39, 0.29) is 11.5 Å². The number of fused-ring (bicyclic) bond motifs is 1. The number of nitrogens with zero attached hydrogens (tertiary/aromatic N) is 2. The monoisotopic (exact) mass is 420 g/mol. The van der Waals surface area contributed by atoms with Crippen molar-refractivity contribution in [1.29, 1.82) is 0 Å². The number of rotatable bonds is 5. The maximum Gasteiger partial charge on any atom is 0.277 e. The van der Waals surface area contributed by atoms with Gasteiger partial charge in [0.05, 0.1) is 10.8 Å². The minimum Gasteiger partial charge on any atom is -0.410 e. The highest BCUT2D eigenvalue weighted by molar-refractivity contribution is 7.99. The van der Waals surface area contributed by atoms with Crippen molar-refractivity contribution in [2.75, 3.05) is 5.75 Å². The van der Waals surface area contributed by atoms with Crippen molar-refractivity contribution in [3.05, 3.63) is 64.1 Å². The second-order valence-electron chi connectivity index (χ2n) is 5.33. The highest BCUT2D eigenvalue weighted by atomic mass is 35.5. The first kappa shape index (κ1) is 17.5. The Bertz CT molecular complexity index is 1090. The van der Waals surface area contributed by atoms with Crippen LogP contribution in [0.4, 0.5) is 0 Å². The van der Waals surface area contributed by atoms with E-state index in [1.54, 1.807) is 24.3 Å². The smallest absolute Gasteiger partial charge is 0.277 e. The van der Waals surface area contributed by atoms with Crippen LogP contribution in [0.1, 0.15) is 10.4 Å². The summed E-state index contributed by atoms with van der Waals surface area (Å²) in [5.41, 5.74) is 0.592. The van der Waals surface area contributed by atoms with Gasteiger partial charge in [0.1, 0.15) is 4.88 Å². The molecule has 0 aliphatic carbocycles. The molecule has 0 N–H and O–H groups in total. The summed E-state index contributed by atoms with van der Waals surface area (Å²) >= 11 is 15.0. The predicted octanol–water partition coefficient (Wildman–Crippen LogP) is 6.23. The number of carbonyl (C=O) groups is 1. The number of Topliss-reactive ketones (excluding diaryl/α,β-unsaturated/α-hetero) is 1. The molecule has 0 unspecified atom stereocenters. The van der Waals surface area contributed by atoms with Gasteiger partial charge in [-0.1, -0.05) is 53.2 Å². The van der Waals surface area contributed by atoms with Crippen LogP contribution in [0.2, 0.25) is 10.0 Å². The molecule has 4 rings (SSSR count). The quantitative estimate of drug-likeness (QED) is 0.282. The molecular weight excluding hydrogens is 411 g/mol. The number of thioether (sulfide) groups is 1. The van der Waals surface area contributed by atoms with Crippen molar-refractivity contribution >= 4 is 62.2 Å². The molecule has 0 amide bonds. The summed E-state index contributed by atoms with van der Waals surface area (Å²) in [4.78, 5) is 12.9. The Labute approximate surface area is 167 Å². The van der Waals surface area contributed by atoms with Crippen LogP contribution in [0, 0.1) is 0 Å². The second kappa shape index (κ2) is 7.40. The molecule has 0 fully saturated rings. The van der Waals surface area contributed by atoms with Gasteiger partial charge >= 0.3 is 0 Å². The highest BCUT2D eigenvalue weighted by Crippen LogP contribution is 2.41. The van der Waals surface area contributed by atoms with E-state index >= 15 is 0 Å². The summed E-state index contributed by atoms with van der Waals surface area (Å²) in [6.45, 7) is 0. The normalized spacial score (nSPS) is 11.2. The zero-order valence-electron chi connectivity index (χ0n) is 13.1. The van der Waals surface area contributed by atoms with Crippen molar-refractivity contribution in [3.8, 4) is 10.8 Å². The maximum atomic E-state index is 12.2. The molecule has 8 heteroatoms. The van der Waals surface area contributed by atoms with E-state index in [9.17, 15) is 4.79 Å². The Morgan fingerprint density at radius 3 is 2.62 bits per heavy atom.